The molecule has 0 heterocycles. The quantitative estimate of drug-likeness (QED) is 0.768. The molecule has 0 aromatic heterocycles. The van der Waals surface area contributed by atoms with Gasteiger partial charge in [-0.25, -0.2) is 4.79 Å². The van der Waals surface area contributed by atoms with Gasteiger partial charge in [0.1, 0.15) is 0 Å². The first-order valence-corrected chi connectivity index (χ1v) is 5.81. The van der Waals surface area contributed by atoms with E-state index in [9.17, 15) is 9.59 Å². The van der Waals surface area contributed by atoms with Crippen molar-refractivity contribution in [3.63, 3.8) is 0 Å². The minimum atomic E-state index is -1.49. The zero-order valence-electron chi connectivity index (χ0n) is 9.19. The maximum atomic E-state index is 11.7. The molecule has 5 nitrogen and oxygen atoms in total. The Balaban J connectivity index is 2.53. The molecule has 7 heteroatoms. The zero-order valence-corrected chi connectivity index (χ0v) is 10.7. The summed E-state index contributed by atoms with van der Waals surface area (Å²) in [5.74, 6) is -1.77. The number of carboxylic acid groups (broad SMARTS) is 1. The number of hydrogen-bond acceptors (Lipinski definition) is 3. The van der Waals surface area contributed by atoms with Crippen molar-refractivity contribution < 1.29 is 19.8 Å². The van der Waals surface area contributed by atoms with Gasteiger partial charge >= 0.3 is 5.97 Å². The van der Waals surface area contributed by atoms with Crippen molar-refractivity contribution in [2.75, 3.05) is 6.54 Å². The third-order valence-corrected chi connectivity index (χ3v) is 2.71. The Morgan fingerprint density at radius 3 is 2.56 bits per heavy atom. The Hall–Kier alpha value is -1.30. The van der Waals surface area contributed by atoms with Crippen LogP contribution in [0.25, 0.3) is 0 Å². The number of aliphatic carboxylic acids is 1. The number of carboxylic acids is 1. The first kappa shape index (κ1) is 14.8. The van der Waals surface area contributed by atoms with Gasteiger partial charge in [0.05, 0.1) is 10.6 Å². The van der Waals surface area contributed by atoms with Crippen molar-refractivity contribution in [1.29, 1.82) is 0 Å². The molecule has 1 amide bonds. The summed E-state index contributed by atoms with van der Waals surface area (Å²) in [6.07, 6.45) is -1.57. The zero-order chi connectivity index (χ0) is 13.7. The van der Waals surface area contributed by atoms with E-state index in [2.05, 4.69) is 5.32 Å². The van der Waals surface area contributed by atoms with Gasteiger partial charge in [0.25, 0.3) is 5.91 Å². The number of halogens is 2. The molecule has 0 fully saturated rings. The highest BCUT2D eigenvalue weighted by atomic mass is 35.5. The van der Waals surface area contributed by atoms with Gasteiger partial charge in [-0.3, -0.25) is 4.79 Å². The van der Waals surface area contributed by atoms with Crippen molar-refractivity contribution >= 4 is 35.1 Å². The maximum Gasteiger partial charge on any atom is 0.332 e. The lowest BCUT2D eigenvalue weighted by molar-refractivity contribution is -0.146. The Morgan fingerprint density at radius 2 is 2.00 bits per heavy atom. The predicted molar refractivity (Wildman–Crippen MR) is 67.1 cm³/mol. The lowest BCUT2D eigenvalue weighted by Gasteiger charge is -2.08. The van der Waals surface area contributed by atoms with Crippen LogP contribution in [-0.4, -0.2) is 34.7 Å². The average molecular weight is 292 g/mol. The molecule has 3 N–H and O–H groups in total. The first-order chi connectivity index (χ1) is 8.41. The molecule has 1 aromatic carbocycles. The van der Waals surface area contributed by atoms with Gasteiger partial charge in [-0.1, -0.05) is 23.2 Å². The Morgan fingerprint density at radius 1 is 1.33 bits per heavy atom. The predicted octanol–water partition coefficient (Wildman–Crippen LogP) is 1.56. The van der Waals surface area contributed by atoms with Gasteiger partial charge in [-0.15, -0.1) is 0 Å². The Kier molecular flexibility index (Phi) is 5.40. The fourth-order valence-corrected chi connectivity index (χ4v) is 1.71. The number of benzene rings is 1. The molecule has 1 unspecified atom stereocenters. The average Bonchev–Trinajstić information content (AvgIpc) is 2.28. The summed E-state index contributed by atoms with van der Waals surface area (Å²) in [5, 5.41) is 20.5. The number of carbonyl (C=O) groups excluding carboxylic acids is 1. The molecular formula is C11H11Cl2NO4. The third-order valence-electron chi connectivity index (χ3n) is 2.16. The van der Waals surface area contributed by atoms with E-state index in [0.717, 1.165) is 0 Å². The molecule has 18 heavy (non-hydrogen) atoms. The van der Waals surface area contributed by atoms with Crippen LogP contribution < -0.4 is 5.32 Å². The number of carbonyl (C=O) groups is 2. The molecule has 0 radical (unpaired) electrons. The van der Waals surface area contributed by atoms with Crippen LogP contribution in [0.15, 0.2) is 18.2 Å². The number of hydrogen-bond donors (Lipinski definition) is 3. The number of amides is 1. The highest BCUT2D eigenvalue weighted by Gasteiger charge is 2.14. The van der Waals surface area contributed by atoms with Gasteiger partial charge in [-0.05, 0) is 18.2 Å². The van der Waals surface area contributed by atoms with Gasteiger partial charge < -0.3 is 15.5 Å². The van der Waals surface area contributed by atoms with Crippen molar-refractivity contribution in [1.82, 2.24) is 5.32 Å². The topological polar surface area (TPSA) is 86.6 Å². The van der Waals surface area contributed by atoms with Gasteiger partial charge in [0.15, 0.2) is 6.10 Å². The van der Waals surface area contributed by atoms with E-state index in [1.165, 1.54) is 18.2 Å². The van der Waals surface area contributed by atoms with Gasteiger partial charge in [-0.2, -0.15) is 0 Å². The van der Waals surface area contributed by atoms with Gasteiger partial charge in [0, 0.05) is 18.0 Å². The summed E-state index contributed by atoms with van der Waals surface area (Å²) in [6, 6.07) is 4.42. The largest absolute Gasteiger partial charge is 0.479 e. The molecule has 98 valence electrons. The fourth-order valence-electron chi connectivity index (χ4n) is 1.21. The van der Waals surface area contributed by atoms with E-state index >= 15 is 0 Å². The molecule has 0 bridgehead atoms. The molecular weight excluding hydrogens is 281 g/mol. The van der Waals surface area contributed by atoms with E-state index in [1.807, 2.05) is 0 Å². The smallest absolute Gasteiger partial charge is 0.332 e. The third kappa shape index (κ3) is 4.18. The molecule has 0 saturated carbocycles. The minimum Gasteiger partial charge on any atom is -0.479 e. The second-order valence-electron chi connectivity index (χ2n) is 3.52. The van der Waals surface area contributed by atoms with E-state index in [4.69, 9.17) is 33.4 Å². The molecule has 0 aliphatic heterocycles. The summed E-state index contributed by atoms with van der Waals surface area (Å²) >= 11 is 11.5. The molecule has 0 aliphatic rings. The van der Waals surface area contributed by atoms with E-state index < -0.39 is 18.0 Å². The van der Waals surface area contributed by atoms with E-state index in [1.54, 1.807) is 0 Å². The van der Waals surface area contributed by atoms with Crippen LogP contribution in [-0.2, 0) is 4.79 Å². The van der Waals surface area contributed by atoms with Crippen LogP contribution in [0.1, 0.15) is 16.8 Å². The van der Waals surface area contributed by atoms with Crippen LogP contribution in [0.2, 0.25) is 10.0 Å². The van der Waals surface area contributed by atoms with Crippen LogP contribution >= 0.6 is 23.2 Å². The van der Waals surface area contributed by atoms with Crippen molar-refractivity contribution in [2.24, 2.45) is 0 Å². The summed E-state index contributed by atoms with van der Waals surface area (Å²) in [7, 11) is 0. The fraction of sp³-hybridized carbons (Fsp3) is 0.273. The molecule has 0 saturated heterocycles. The SMILES string of the molecule is O=C(NCCC(O)C(=O)O)c1ccc(Cl)cc1Cl. The first-order valence-electron chi connectivity index (χ1n) is 5.06. The van der Waals surface area contributed by atoms with Crippen molar-refractivity contribution in [2.45, 2.75) is 12.5 Å². The summed E-state index contributed by atoms with van der Waals surface area (Å²) in [5.41, 5.74) is 0.242. The maximum absolute atomic E-state index is 11.7. The van der Waals surface area contributed by atoms with Crippen LogP contribution in [0.5, 0.6) is 0 Å². The summed E-state index contributed by atoms with van der Waals surface area (Å²) in [4.78, 5) is 22.0. The monoisotopic (exact) mass is 291 g/mol. The number of nitrogens with one attached hydrogen (secondary N) is 1. The second-order valence-corrected chi connectivity index (χ2v) is 4.37. The summed E-state index contributed by atoms with van der Waals surface area (Å²) < 4.78 is 0. The highest BCUT2D eigenvalue weighted by Crippen LogP contribution is 2.20. The number of aliphatic hydroxyl groups excluding tert-OH is 1. The molecule has 1 atom stereocenters. The lowest BCUT2D eigenvalue weighted by atomic mass is 10.2. The van der Waals surface area contributed by atoms with Crippen molar-refractivity contribution in [3.8, 4) is 0 Å². The van der Waals surface area contributed by atoms with E-state index in [0.29, 0.717) is 5.02 Å². The molecule has 1 rings (SSSR count). The Bertz CT molecular complexity index is 464. The number of rotatable bonds is 5. The standard InChI is InChI=1S/C11H11Cl2NO4/c12-6-1-2-7(8(13)5-6)10(16)14-4-3-9(15)11(17)18/h1-2,5,9,15H,3-4H2,(H,14,16)(H,17,18). The van der Waals surface area contributed by atoms with Crippen LogP contribution in [0.4, 0.5) is 0 Å². The van der Waals surface area contributed by atoms with Crippen molar-refractivity contribution in [3.05, 3.63) is 33.8 Å². The summed E-state index contributed by atoms with van der Waals surface area (Å²) in [6.45, 7) is 0.0330. The van der Waals surface area contributed by atoms with E-state index in [-0.39, 0.29) is 23.6 Å². The lowest BCUT2D eigenvalue weighted by Crippen LogP contribution is -2.30. The van der Waals surface area contributed by atoms with Crippen LogP contribution in [0, 0.1) is 0 Å². The number of aliphatic hydroxyl groups is 1. The normalized spacial score (nSPS) is 11.9. The minimum absolute atomic E-state index is 0.0330. The van der Waals surface area contributed by atoms with Gasteiger partial charge in [0.2, 0.25) is 0 Å². The Labute approximate surface area is 113 Å². The molecule has 0 aliphatic carbocycles. The molecule has 1 aromatic rings. The highest BCUT2D eigenvalue weighted by molar-refractivity contribution is 6.36. The van der Waals surface area contributed by atoms with Crippen LogP contribution in [0.3, 0.4) is 0 Å². The second kappa shape index (κ2) is 6.58. The molecule has 0 spiro atoms.